The molecule has 1 aromatic carbocycles. The molecule has 1 amide bonds. The fraction of sp³-hybridized carbons (Fsp3) is 0.464. The molecule has 10 heteroatoms. The van der Waals surface area contributed by atoms with E-state index in [1.54, 1.807) is 0 Å². The topological polar surface area (TPSA) is 79.2 Å². The number of nitrogens with one attached hydrogen (secondary N) is 1. The van der Waals surface area contributed by atoms with Crippen molar-refractivity contribution >= 4 is 49.1 Å². The smallest absolute Gasteiger partial charge is 0.258 e. The van der Waals surface area contributed by atoms with Crippen LogP contribution in [0, 0.1) is 11.7 Å². The Morgan fingerprint density at radius 3 is 2.79 bits per heavy atom. The number of amides is 1. The van der Waals surface area contributed by atoms with E-state index in [2.05, 4.69) is 15.2 Å². The average Bonchev–Trinajstić information content (AvgIpc) is 3.51. The molecule has 3 aliphatic rings. The molecule has 1 unspecified atom stereocenters. The summed E-state index contributed by atoms with van der Waals surface area (Å²) in [5, 5.41) is 3.17. The summed E-state index contributed by atoms with van der Waals surface area (Å²) in [6.07, 6.45) is 4.76. The molecule has 1 atom stereocenters. The van der Waals surface area contributed by atoms with E-state index in [4.69, 9.17) is 4.74 Å². The molecule has 1 saturated carbocycles. The number of para-hydroxylation sites is 1. The van der Waals surface area contributed by atoms with E-state index in [9.17, 15) is 9.59 Å². The van der Waals surface area contributed by atoms with Crippen molar-refractivity contribution in [3.05, 3.63) is 51.9 Å². The molecule has 198 valence electrons. The van der Waals surface area contributed by atoms with Crippen molar-refractivity contribution in [3.8, 4) is 0 Å². The lowest BCUT2D eigenvalue weighted by Gasteiger charge is -2.28. The number of anilines is 1. The number of thiazole rings is 1. The van der Waals surface area contributed by atoms with Gasteiger partial charge < -0.3 is 15.0 Å². The maximum atomic E-state index is 15.4. The zero-order chi connectivity index (χ0) is 25.8. The van der Waals surface area contributed by atoms with Crippen LogP contribution in [0.3, 0.4) is 0 Å². The summed E-state index contributed by atoms with van der Waals surface area (Å²) >= 11 is 1.39. The Morgan fingerprint density at radius 1 is 1.16 bits per heavy atom. The fourth-order valence-electron chi connectivity index (χ4n) is 5.89. The second-order valence-corrected chi connectivity index (χ2v) is 11.7. The average molecular weight is 536 g/mol. The summed E-state index contributed by atoms with van der Waals surface area (Å²) in [5.41, 5.74) is 0.786. The van der Waals surface area contributed by atoms with Crippen LogP contribution in [0.5, 0.6) is 0 Å². The molecule has 8 nitrogen and oxygen atoms in total. The van der Waals surface area contributed by atoms with Crippen molar-refractivity contribution in [2.24, 2.45) is 5.92 Å². The van der Waals surface area contributed by atoms with Gasteiger partial charge in [-0.3, -0.25) is 18.9 Å². The first kappa shape index (κ1) is 24.0. The van der Waals surface area contributed by atoms with Crippen molar-refractivity contribution in [2.45, 2.75) is 31.7 Å². The van der Waals surface area contributed by atoms with Gasteiger partial charge >= 0.3 is 0 Å². The molecule has 7 rings (SSSR count). The Hall–Kier alpha value is -3.08. The Balaban J connectivity index is 1.32. The minimum atomic E-state index is -0.566. The van der Waals surface area contributed by atoms with Gasteiger partial charge in [-0.2, -0.15) is 0 Å². The highest BCUT2D eigenvalue weighted by Gasteiger charge is 2.32. The summed E-state index contributed by atoms with van der Waals surface area (Å²) in [4.78, 5) is 37.0. The molecular formula is C28H30FN5O3S. The lowest BCUT2D eigenvalue weighted by molar-refractivity contribution is 0.0940. The summed E-state index contributed by atoms with van der Waals surface area (Å²) in [7, 11) is 0. The predicted molar refractivity (Wildman–Crippen MR) is 147 cm³/mol. The summed E-state index contributed by atoms with van der Waals surface area (Å²) in [5.74, 6) is 0.0266. The summed E-state index contributed by atoms with van der Waals surface area (Å²) in [6.45, 7) is 4.70. The molecule has 0 bridgehead atoms. The van der Waals surface area contributed by atoms with Gasteiger partial charge in [-0.1, -0.05) is 12.1 Å². The zero-order valence-corrected chi connectivity index (χ0v) is 21.9. The molecule has 1 N–H and O–H groups in total. The number of hydrogen-bond donors (Lipinski definition) is 1. The Labute approximate surface area is 223 Å². The molecule has 5 heterocycles. The third-order valence-electron chi connectivity index (χ3n) is 8.08. The molecule has 3 fully saturated rings. The molecule has 38 heavy (non-hydrogen) atoms. The van der Waals surface area contributed by atoms with Crippen molar-refractivity contribution in [2.75, 3.05) is 50.8 Å². The summed E-state index contributed by atoms with van der Waals surface area (Å²) < 4.78 is 23.6. The van der Waals surface area contributed by atoms with Gasteiger partial charge in [-0.15, -0.1) is 11.3 Å². The highest BCUT2D eigenvalue weighted by atomic mass is 32.1. The normalized spacial score (nSPS) is 20.7. The second-order valence-electron chi connectivity index (χ2n) is 10.6. The van der Waals surface area contributed by atoms with E-state index >= 15 is 4.39 Å². The molecule has 2 saturated heterocycles. The number of ether oxygens (including phenoxy) is 1. The first-order chi connectivity index (χ1) is 18.6. The number of carbonyl (C=O) groups is 1. The number of hydrogen-bond acceptors (Lipinski definition) is 7. The van der Waals surface area contributed by atoms with Crippen molar-refractivity contribution in [1.29, 1.82) is 0 Å². The first-order valence-electron chi connectivity index (χ1n) is 13.5. The standard InChI is InChI=1S/C28H30FN5O3S/c29-20-14-19-24(35)23(27(36)30-15-18-4-3-9-33(18)16-17-7-8-17)28-34(21-5-1-2-6-22(21)38-28)25(19)31-26(20)32-10-12-37-13-11-32/h1-2,5-6,14,17-18H,3-4,7-13,15-16H2,(H,30,36). The number of aromatic nitrogens is 2. The van der Waals surface area contributed by atoms with Crippen LogP contribution in [0.15, 0.2) is 35.1 Å². The number of nitrogens with zero attached hydrogens (tertiary/aromatic N) is 4. The Bertz CT molecular complexity index is 1610. The lowest BCUT2D eigenvalue weighted by Crippen LogP contribution is -2.42. The third-order valence-corrected chi connectivity index (χ3v) is 9.22. The number of pyridine rings is 2. The Kier molecular flexibility index (Phi) is 6.05. The molecule has 0 radical (unpaired) electrons. The molecule has 1 aliphatic carbocycles. The van der Waals surface area contributed by atoms with E-state index < -0.39 is 17.2 Å². The van der Waals surface area contributed by atoms with Gasteiger partial charge in [0.15, 0.2) is 17.3 Å². The number of morpholine rings is 1. The van der Waals surface area contributed by atoms with E-state index in [1.165, 1.54) is 30.2 Å². The van der Waals surface area contributed by atoms with E-state index in [-0.39, 0.29) is 22.8 Å². The monoisotopic (exact) mass is 535 g/mol. The van der Waals surface area contributed by atoms with E-state index in [0.717, 1.165) is 42.1 Å². The van der Waals surface area contributed by atoms with Gasteiger partial charge in [0, 0.05) is 32.2 Å². The van der Waals surface area contributed by atoms with Gasteiger partial charge in [0.2, 0.25) is 5.43 Å². The van der Waals surface area contributed by atoms with Gasteiger partial charge in [0.1, 0.15) is 10.4 Å². The maximum Gasteiger partial charge on any atom is 0.258 e. The SMILES string of the molecule is O=C(NCC1CCCN1CC1CC1)c1c(=O)c2cc(F)c(N3CCOCC3)nc2n2c1sc1ccccc12. The second kappa shape index (κ2) is 9.59. The number of benzene rings is 1. The largest absolute Gasteiger partial charge is 0.378 e. The fourth-order valence-corrected chi connectivity index (χ4v) is 7.08. The van der Waals surface area contributed by atoms with E-state index in [1.807, 2.05) is 33.6 Å². The third kappa shape index (κ3) is 4.15. The Morgan fingerprint density at radius 2 is 1.97 bits per heavy atom. The van der Waals surface area contributed by atoms with Crippen LogP contribution in [0.25, 0.3) is 26.1 Å². The quantitative estimate of drug-likeness (QED) is 0.406. The minimum absolute atomic E-state index is 0.0609. The number of halogens is 1. The lowest BCUT2D eigenvalue weighted by atomic mass is 10.1. The molecular weight excluding hydrogens is 505 g/mol. The predicted octanol–water partition coefficient (Wildman–Crippen LogP) is 3.64. The van der Waals surface area contributed by atoms with Crippen LogP contribution in [0.2, 0.25) is 0 Å². The highest BCUT2D eigenvalue weighted by molar-refractivity contribution is 7.24. The van der Waals surface area contributed by atoms with Gasteiger partial charge in [0.05, 0.1) is 28.8 Å². The maximum absolute atomic E-state index is 15.4. The van der Waals surface area contributed by atoms with Crippen molar-refractivity contribution in [1.82, 2.24) is 19.6 Å². The van der Waals surface area contributed by atoms with Crippen LogP contribution >= 0.6 is 11.3 Å². The number of carbonyl (C=O) groups excluding carboxylic acids is 1. The van der Waals surface area contributed by atoms with Gasteiger partial charge in [-0.05, 0) is 56.3 Å². The zero-order valence-electron chi connectivity index (χ0n) is 21.1. The molecule has 4 aromatic rings. The van der Waals surface area contributed by atoms with Crippen LogP contribution in [-0.4, -0.2) is 72.2 Å². The van der Waals surface area contributed by atoms with Crippen molar-refractivity contribution in [3.63, 3.8) is 0 Å². The highest BCUT2D eigenvalue weighted by Crippen LogP contribution is 2.33. The van der Waals surface area contributed by atoms with Crippen LogP contribution in [-0.2, 0) is 4.74 Å². The van der Waals surface area contributed by atoms with E-state index in [0.29, 0.717) is 43.3 Å². The number of likely N-dealkylation sites (tertiary alicyclic amines) is 1. The van der Waals surface area contributed by atoms with Crippen LogP contribution in [0.4, 0.5) is 10.2 Å². The number of rotatable bonds is 6. The summed E-state index contributed by atoms with van der Waals surface area (Å²) in [6, 6.07) is 9.29. The minimum Gasteiger partial charge on any atom is -0.378 e. The molecule has 3 aromatic heterocycles. The van der Waals surface area contributed by atoms with Gasteiger partial charge in [0.25, 0.3) is 5.91 Å². The van der Waals surface area contributed by atoms with Crippen molar-refractivity contribution < 1.29 is 13.9 Å². The van der Waals surface area contributed by atoms with Crippen LogP contribution < -0.4 is 15.6 Å². The van der Waals surface area contributed by atoms with Crippen LogP contribution in [0.1, 0.15) is 36.0 Å². The van der Waals surface area contributed by atoms with Gasteiger partial charge in [-0.25, -0.2) is 9.37 Å². The first-order valence-corrected chi connectivity index (χ1v) is 14.3. The number of fused-ring (bicyclic) bond motifs is 5. The molecule has 0 spiro atoms. The molecule has 2 aliphatic heterocycles.